The van der Waals surface area contributed by atoms with E-state index in [0.717, 1.165) is 16.6 Å². The first-order valence-electron chi connectivity index (χ1n) is 6.92. The van der Waals surface area contributed by atoms with Gasteiger partial charge in [-0.2, -0.15) is 4.98 Å². The summed E-state index contributed by atoms with van der Waals surface area (Å²) in [5, 5.41) is 13.8. The first kappa shape index (κ1) is 13.6. The lowest BCUT2D eigenvalue weighted by molar-refractivity contribution is 0.129. The van der Waals surface area contributed by atoms with Crippen molar-refractivity contribution in [1.29, 1.82) is 0 Å². The molecule has 6 heteroatoms. The smallest absolute Gasteiger partial charge is 0.232 e. The maximum Gasteiger partial charge on any atom is 0.232 e. The van der Waals surface area contributed by atoms with Crippen LogP contribution >= 0.6 is 0 Å². The highest BCUT2D eigenvalue weighted by Gasteiger charge is 2.21. The number of rotatable bonds is 4. The van der Waals surface area contributed by atoms with E-state index in [1.54, 1.807) is 12.4 Å². The van der Waals surface area contributed by atoms with Crippen LogP contribution in [0.5, 0.6) is 0 Å². The van der Waals surface area contributed by atoms with Crippen LogP contribution in [-0.2, 0) is 0 Å². The third-order valence-corrected chi connectivity index (χ3v) is 3.55. The highest BCUT2D eigenvalue weighted by Crippen LogP contribution is 2.24. The average Bonchev–Trinajstić information content (AvgIpc) is 3.02. The van der Waals surface area contributed by atoms with Crippen molar-refractivity contribution < 1.29 is 9.63 Å². The molecule has 2 aromatic heterocycles. The Morgan fingerprint density at radius 2 is 1.95 bits per heavy atom. The lowest BCUT2D eigenvalue weighted by Gasteiger charge is -2.11. The predicted octanol–water partition coefficient (Wildman–Crippen LogP) is 2.55. The van der Waals surface area contributed by atoms with Gasteiger partial charge >= 0.3 is 0 Å². The summed E-state index contributed by atoms with van der Waals surface area (Å²) in [4.78, 5) is 12.9. The maximum atomic E-state index is 9.86. The normalized spacial score (nSPS) is 14.2. The first-order valence-corrected chi connectivity index (χ1v) is 6.92. The van der Waals surface area contributed by atoms with Crippen molar-refractivity contribution in [3.8, 4) is 11.4 Å². The fraction of sp³-hybridized carbons (Fsp3) is 0.333. The molecule has 0 aliphatic carbocycles. The van der Waals surface area contributed by atoms with Crippen LogP contribution in [0.2, 0.25) is 0 Å². The van der Waals surface area contributed by atoms with E-state index < -0.39 is 6.10 Å². The summed E-state index contributed by atoms with van der Waals surface area (Å²) in [6.45, 7) is 3.79. The zero-order valence-electron chi connectivity index (χ0n) is 11.9. The molecule has 0 radical (unpaired) electrons. The molecule has 0 aliphatic heterocycles. The minimum absolute atomic E-state index is 0.184. The molecule has 6 nitrogen and oxygen atoms in total. The van der Waals surface area contributed by atoms with E-state index in [2.05, 4.69) is 20.1 Å². The number of fused-ring (bicyclic) bond motifs is 1. The van der Waals surface area contributed by atoms with Crippen LogP contribution < -0.4 is 0 Å². The molecule has 21 heavy (non-hydrogen) atoms. The molecule has 0 fully saturated rings. The number of nitrogens with zero attached hydrogens (tertiary/aromatic N) is 4. The van der Waals surface area contributed by atoms with Crippen molar-refractivity contribution >= 4 is 11.0 Å². The quantitative estimate of drug-likeness (QED) is 0.792. The second-order valence-corrected chi connectivity index (χ2v) is 4.98. The molecule has 3 aromatic rings. The van der Waals surface area contributed by atoms with Gasteiger partial charge in [0.2, 0.25) is 11.7 Å². The van der Waals surface area contributed by atoms with Crippen LogP contribution in [0, 0.1) is 0 Å². The van der Waals surface area contributed by atoms with Gasteiger partial charge in [-0.05, 0) is 24.6 Å². The molecule has 108 valence electrons. The summed E-state index contributed by atoms with van der Waals surface area (Å²) in [6, 6.07) is 5.63. The van der Waals surface area contributed by atoms with E-state index in [0.29, 0.717) is 18.1 Å². The summed E-state index contributed by atoms with van der Waals surface area (Å²) >= 11 is 0. The Balaban J connectivity index is 1.94. The first-order chi connectivity index (χ1) is 10.2. The van der Waals surface area contributed by atoms with Crippen LogP contribution in [0.4, 0.5) is 0 Å². The largest absolute Gasteiger partial charge is 0.392 e. The lowest BCUT2D eigenvalue weighted by atomic mass is 10.0. The van der Waals surface area contributed by atoms with Crippen LogP contribution in [-0.4, -0.2) is 31.3 Å². The highest BCUT2D eigenvalue weighted by molar-refractivity contribution is 5.79. The molecule has 0 amide bonds. The molecule has 0 saturated carbocycles. The zero-order chi connectivity index (χ0) is 14.8. The fourth-order valence-corrected chi connectivity index (χ4v) is 2.16. The third-order valence-electron chi connectivity index (χ3n) is 3.55. The summed E-state index contributed by atoms with van der Waals surface area (Å²) in [5.41, 5.74) is 2.42. The Hall–Kier alpha value is -2.34. The van der Waals surface area contributed by atoms with Gasteiger partial charge in [0.05, 0.1) is 23.1 Å². The number of hydrogen-bond donors (Lipinski definition) is 1. The van der Waals surface area contributed by atoms with E-state index >= 15 is 0 Å². The van der Waals surface area contributed by atoms with Gasteiger partial charge in [0.25, 0.3) is 0 Å². The van der Waals surface area contributed by atoms with Gasteiger partial charge in [-0.1, -0.05) is 19.0 Å². The van der Waals surface area contributed by atoms with E-state index in [1.165, 1.54) is 0 Å². The Morgan fingerprint density at radius 1 is 1.19 bits per heavy atom. The molecule has 2 atom stereocenters. The minimum Gasteiger partial charge on any atom is -0.392 e. The Bertz CT molecular complexity index is 756. The third kappa shape index (κ3) is 2.62. The standard InChI is InChI=1S/C15H16N4O2/c1-3-13(20)9(2)15-18-14(19-21-15)10-4-5-11-12(8-10)17-7-6-16-11/h4-9,13,20H,3H2,1-2H3. The lowest BCUT2D eigenvalue weighted by Crippen LogP contribution is -2.14. The topological polar surface area (TPSA) is 84.9 Å². The van der Waals surface area contributed by atoms with Gasteiger partial charge in [-0.3, -0.25) is 9.97 Å². The van der Waals surface area contributed by atoms with E-state index in [9.17, 15) is 5.11 Å². The molecule has 0 bridgehead atoms. The summed E-state index contributed by atoms with van der Waals surface area (Å²) in [5.74, 6) is 0.753. The fourth-order valence-electron chi connectivity index (χ4n) is 2.16. The van der Waals surface area contributed by atoms with Crippen LogP contribution in [0.1, 0.15) is 32.1 Å². The van der Waals surface area contributed by atoms with Gasteiger partial charge < -0.3 is 9.63 Å². The molecule has 3 rings (SSSR count). The van der Waals surface area contributed by atoms with Crippen molar-refractivity contribution in [2.24, 2.45) is 0 Å². The molecule has 2 unspecified atom stereocenters. The highest BCUT2D eigenvalue weighted by atomic mass is 16.5. The minimum atomic E-state index is -0.485. The SMILES string of the molecule is CCC(O)C(C)c1nc(-c2ccc3nccnc3c2)no1. The van der Waals surface area contributed by atoms with Crippen LogP contribution in [0.25, 0.3) is 22.4 Å². The number of benzene rings is 1. The molecule has 0 saturated heterocycles. The van der Waals surface area contributed by atoms with Crippen molar-refractivity contribution in [3.05, 3.63) is 36.5 Å². The molecule has 0 spiro atoms. The van der Waals surface area contributed by atoms with Crippen molar-refractivity contribution in [2.75, 3.05) is 0 Å². The Labute approximate surface area is 121 Å². The molecular weight excluding hydrogens is 268 g/mol. The second kappa shape index (κ2) is 5.57. The van der Waals surface area contributed by atoms with Crippen LogP contribution in [0.3, 0.4) is 0 Å². The van der Waals surface area contributed by atoms with Crippen molar-refractivity contribution in [1.82, 2.24) is 20.1 Å². The molecule has 1 aromatic carbocycles. The average molecular weight is 284 g/mol. The molecule has 1 N–H and O–H groups in total. The molecule has 2 heterocycles. The molecule has 0 aliphatic rings. The van der Waals surface area contributed by atoms with Crippen LogP contribution in [0.15, 0.2) is 35.1 Å². The van der Waals surface area contributed by atoms with Crippen molar-refractivity contribution in [3.63, 3.8) is 0 Å². The summed E-state index contributed by atoms with van der Waals surface area (Å²) in [7, 11) is 0. The Kier molecular flexibility index (Phi) is 3.62. The van der Waals surface area contributed by atoms with Crippen molar-refractivity contribution in [2.45, 2.75) is 32.3 Å². The zero-order valence-corrected chi connectivity index (χ0v) is 11.9. The predicted molar refractivity (Wildman–Crippen MR) is 77.5 cm³/mol. The monoisotopic (exact) mass is 284 g/mol. The summed E-state index contributed by atoms with van der Waals surface area (Å²) in [6.07, 6.45) is 3.46. The van der Waals surface area contributed by atoms with Gasteiger partial charge in [0, 0.05) is 18.0 Å². The number of aliphatic hydroxyl groups excluding tert-OH is 1. The van der Waals surface area contributed by atoms with E-state index in [1.807, 2.05) is 32.0 Å². The second-order valence-electron chi connectivity index (χ2n) is 4.98. The van der Waals surface area contributed by atoms with Gasteiger partial charge in [-0.15, -0.1) is 0 Å². The molecular formula is C15H16N4O2. The number of hydrogen-bond acceptors (Lipinski definition) is 6. The van der Waals surface area contributed by atoms with Gasteiger partial charge in [0.15, 0.2) is 0 Å². The number of aliphatic hydroxyl groups is 1. The maximum absolute atomic E-state index is 9.86. The van der Waals surface area contributed by atoms with E-state index in [-0.39, 0.29) is 5.92 Å². The number of aromatic nitrogens is 4. The Morgan fingerprint density at radius 3 is 2.71 bits per heavy atom. The van der Waals surface area contributed by atoms with Gasteiger partial charge in [-0.25, -0.2) is 0 Å². The summed E-state index contributed by atoms with van der Waals surface area (Å²) < 4.78 is 5.26. The van der Waals surface area contributed by atoms with E-state index in [4.69, 9.17) is 4.52 Å². The van der Waals surface area contributed by atoms with Gasteiger partial charge in [0.1, 0.15) is 0 Å².